The molecule has 0 amide bonds. The van der Waals surface area contributed by atoms with Crippen LogP contribution in [-0.2, 0) is 13.1 Å². The Balaban J connectivity index is 1.45. The van der Waals surface area contributed by atoms with Gasteiger partial charge in [-0.2, -0.15) is 0 Å². The summed E-state index contributed by atoms with van der Waals surface area (Å²) in [7, 11) is 6.41. The second-order valence-electron chi connectivity index (χ2n) is 8.87. The van der Waals surface area contributed by atoms with Crippen molar-refractivity contribution in [3.05, 3.63) is 76.0 Å². The number of Topliss-reactive ketones (excluding diaryl/α,β-unsaturated/α-hetero) is 1. The van der Waals surface area contributed by atoms with Crippen molar-refractivity contribution in [1.82, 2.24) is 4.90 Å². The highest BCUT2D eigenvalue weighted by molar-refractivity contribution is 6.16. The third kappa shape index (κ3) is 4.56. The van der Waals surface area contributed by atoms with Crippen molar-refractivity contribution in [3.63, 3.8) is 0 Å². The van der Waals surface area contributed by atoms with Crippen molar-refractivity contribution in [3.8, 4) is 34.5 Å². The van der Waals surface area contributed by atoms with Gasteiger partial charge in [0.1, 0.15) is 29.7 Å². The van der Waals surface area contributed by atoms with Crippen molar-refractivity contribution in [2.24, 2.45) is 0 Å². The number of ketones is 1. The summed E-state index contributed by atoms with van der Waals surface area (Å²) < 4.78 is 33.9. The molecule has 0 spiro atoms. The van der Waals surface area contributed by atoms with Gasteiger partial charge in [-0.1, -0.05) is 6.07 Å². The number of nitrogens with zero attached hydrogens (tertiary/aromatic N) is 1. The molecule has 0 aliphatic carbocycles. The summed E-state index contributed by atoms with van der Waals surface area (Å²) in [6.07, 6.45) is 1.70. The zero-order valence-electron chi connectivity index (χ0n) is 21.5. The van der Waals surface area contributed by atoms with Gasteiger partial charge < -0.3 is 28.4 Å². The molecule has 8 nitrogen and oxygen atoms in total. The molecule has 2 heterocycles. The summed E-state index contributed by atoms with van der Waals surface area (Å²) in [4.78, 5) is 15.6. The smallest absolute Gasteiger partial charge is 0.232 e. The highest BCUT2D eigenvalue weighted by atomic mass is 16.5. The minimum absolute atomic E-state index is 0.169. The molecule has 0 aromatic heterocycles. The van der Waals surface area contributed by atoms with Crippen LogP contribution in [0.5, 0.6) is 34.5 Å². The highest BCUT2D eigenvalue weighted by Gasteiger charge is 2.35. The molecular formula is C29H29NO7. The number of methoxy groups -OCH3 is 4. The molecule has 3 aromatic rings. The molecule has 192 valence electrons. The number of rotatable bonds is 7. The van der Waals surface area contributed by atoms with Gasteiger partial charge in [-0.3, -0.25) is 9.69 Å². The summed E-state index contributed by atoms with van der Waals surface area (Å²) in [6.45, 7) is 3.50. The Bertz CT molecular complexity index is 1400. The van der Waals surface area contributed by atoms with E-state index in [4.69, 9.17) is 28.4 Å². The second kappa shape index (κ2) is 10.1. The molecule has 8 heteroatoms. The van der Waals surface area contributed by atoms with Crippen LogP contribution in [0.25, 0.3) is 6.08 Å². The zero-order valence-corrected chi connectivity index (χ0v) is 21.5. The number of fused-ring (bicyclic) bond motifs is 3. The topological polar surface area (TPSA) is 75.7 Å². The summed E-state index contributed by atoms with van der Waals surface area (Å²) in [5.74, 6) is 3.96. The minimum Gasteiger partial charge on any atom is -0.497 e. The summed E-state index contributed by atoms with van der Waals surface area (Å²) in [5.41, 5.74) is 3.96. The lowest BCUT2D eigenvalue weighted by molar-refractivity contribution is 0.0871. The Hall–Kier alpha value is -4.17. The molecule has 0 atom stereocenters. The SMILES string of the molecule is COc1ccc(OC)c(/C=C2\Oc3c4c(cc(C)c3C2=O)OCN(Cc2ccc(OC)c(OC)c2)C4)c1. The van der Waals surface area contributed by atoms with E-state index < -0.39 is 0 Å². The van der Waals surface area contributed by atoms with Gasteiger partial charge in [0.25, 0.3) is 0 Å². The maximum absolute atomic E-state index is 13.4. The molecule has 3 aromatic carbocycles. The van der Waals surface area contributed by atoms with Crippen molar-refractivity contribution < 1.29 is 33.2 Å². The van der Waals surface area contributed by atoms with Crippen molar-refractivity contribution in [2.75, 3.05) is 35.2 Å². The fraction of sp³-hybridized carbons (Fsp3) is 0.276. The van der Waals surface area contributed by atoms with Crippen LogP contribution < -0.4 is 28.4 Å². The molecule has 0 unspecified atom stereocenters. The first kappa shape index (κ1) is 24.5. The number of allylic oxidation sites excluding steroid dienone is 1. The van der Waals surface area contributed by atoms with Gasteiger partial charge in [0.2, 0.25) is 5.78 Å². The van der Waals surface area contributed by atoms with Crippen molar-refractivity contribution in [2.45, 2.75) is 20.0 Å². The van der Waals surface area contributed by atoms with Gasteiger partial charge in [-0.25, -0.2) is 0 Å². The predicted octanol–water partition coefficient (Wildman–Crippen LogP) is 5.00. The fourth-order valence-electron chi connectivity index (χ4n) is 4.71. The van der Waals surface area contributed by atoms with Gasteiger partial charge >= 0.3 is 0 Å². The first-order valence-corrected chi connectivity index (χ1v) is 11.8. The van der Waals surface area contributed by atoms with Crippen LogP contribution in [-0.4, -0.2) is 45.9 Å². The molecular weight excluding hydrogens is 474 g/mol. The quantitative estimate of drug-likeness (QED) is 0.417. The Morgan fingerprint density at radius 2 is 1.68 bits per heavy atom. The van der Waals surface area contributed by atoms with E-state index in [1.807, 2.05) is 37.3 Å². The maximum atomic E-state index is 13.4. The number of benzene rings is 3. The van der Waals surface area contributed by atoms with Crippen LogP contribution in [0.3, 0.4) is 0 Å². The largest absolute Gasteiger partial charge is 0.497 e. The van der Waals surface area contributed by atoms with E-state index >= 15 is 0 Å². The Labute approximate surface area is 215 Å². The maximum Gasteiger partial charge on any atom is 0.232 e. The highest BCUT2D eigenvalue weighted by Crippen LogP contribution is 2.44. The van der Waals surface area contributed by atoms with Gasteiger partial charge in [-0.15, -0.1) is 0 Å². The fourth-order valence-corrected chi connectivity index (χ4v) is 4.71. The summed E-state index contributed by atoms with van der Waals surface area (Å²) in [5, 5.41) is 0. The number of ether oxygens (including phenoxy) is 6. The first-order chi connectivity index (χ1) is 17.9. The Morgan fingerprint density at radius 3 is 2.41 bits per heavy atom. The molecule has 0 fully saturated rings. The molecule has 0 saturated carbocycles. The standard InChI is InChI=1S/C29H29NO7/c1-17-10-24-21(15-30(16-36-24)14-18-6-8-23(34-4)25(11-18)35-5)29-27(17)28(31)26(37-29)13-19-12-20(32-2)7-9-22(19)33-3/h6-13H,14-16H2,1-5H3/b26-13-. The van der Waals surface area contributed by atoms with Crippen molar-refractivity contribution in [1.29, 1.82) is 0 Å². The second-order valence-corrected chi connectivity index (χ2v) is 8.87. The van der Waals surface area contributed by atoms with Gasteiger partial charge in [0.05, 0.1) is 39.6 Å². The molecule has 0 saturated heterocycles. The molecule has 0 N–H and O–H groups in total. The lowest BCUT2D eigenvalue weighted by Gasteiger charge is -2.30. The van der Waals surface area contributed by atoms with E-state index in [0.717, 1.165) is 22.4 Å². The van der Waals surface area contributed by atoms with Gasteiger partial charge in [0, 0.05) is 18.7 Å². The number of hydrogen-bond donors (Lipinski definition) is 0. The number of aryl methyl sites for hydroxylation is 1. The van der Waals surface area contributed by atoms with Crippen LogP contribution in [0.15, 0.2) is 48.2 Å². The first-order valence-electron chi connectivity index (χ1n) is 11.8. The van der Waals surface area contributed by atoms with E-state index in [1.165, 1.54) is 0 Å². The molecule has 0 radical (unpaired) electrons. The van der Waals surface area contributed by atoms with Crippen LogP contribution in [0, 0.1) is 6.92 Å². The van der Waals surface area contributed by atoms with E-state index in [1.54, 1.807) is 46.6 Å². The molecule has 5 rings (SSSR count). The summed E-state index contributed by atoms with van der Waals surface area (Å²) in [6, 6.07) is 13.2. The zero-order chi connectivity index (χ0) is 26.1. The minimum atomic E-state index is -0.169. The molecule has 0 bridgehead atoms. The lowest BCUT2D eigenvalue weighted by Crippen LogP contribution is -2.31. The van der Waals surface area contributed by atoms with Gasteiger partial charge in [0.15, 0.2) is 17.3 Å². The number of carbonyl (C=O) groups excluding carboxylic acids is 1. The van der Waals surface area contributed by atoms with Crippen LogP contribution in [0.1, 0.15) is 32.6 Å². The number of hydrogen-bond acceptors (Lipinski definition) is 8. The van der Waals surface area contributed by atoms with Gasteiger partial charge in [-0.05, 0) is 60.5 Å². The average Bonchev–Trinajstić information content (AvgIpc) is 3.25. The lowest BCUT2D eigenvalue weighted by atomic mass is 9.98. The van der Waals surface area contributed by atoms with Crippen LogP contribution >= 0.6 is 0 Å². The molecule has 2 aliphatic heterocycles. The monoisotopic (exact) mass is 503 g/mol. The Kier molecular flexibility index (Phi) is 6.67. The summed E-state index contributed by atoms with van der Waals surface area (Å²) >= 11 is 0. The van der Waals surface area contributed by atoms with E-state index in [2.05, 4.69) is 4.90 Å². The molecule has 2 aliphatic rings. The molecule has 37 heavy (non-hydrogen) atoms. The average molecular weight is 504 g/mol. The predicted molar refractivity (Wildman–Crippen MR) is 138 cm³/mol. The van der Waals surface area contributed by atoms with E-state index in [-0.39, 0.29) is 11.5 Å². The number of carbonyl (C=O) groups is 1. The van der Waals surface area contributed by atoms with Crippen LogP contribution in [0.4, 0.5) is 0 Å². The van der Waals surface area contributed by atoms with Crippen LogP contribution in [0.2, 0.25) is 0 Å². The Morgan fingerprint density at radius 1 is 0.919 bits per heavy atom. The van der Waals surface area contributed by atoms with E-state index in [0.29, 0.717) is 59.7 Å². The third-order valence-corrected chi connectivity index (χ3v) is 6.57. The van der Waals surface area contributed by atoms with E-state index in [9.17, 15) is 4.79 Å². The normalized spacial score (nSPS) is 15.5. The van der Waals surface area contributed by atoms with Crippen molar-refractivity contribution >= 4 is 11.9 Å². The third-order valence-electron chi connectivity index (χ3n) is 6.57.